The zero-order valence-corrected chi connectivity index (χ0v) is 12.4. The topological polar surface area (TPSA) is 94.0 Å². The van der Waals surface area contributed by atoms with E-state index in [-0.39, 0.29) is 17.1 Å². The molecular formula is C16H12N4O4+2. The highest BCUT2D eigenvalue weighted by molar-refractivity contribution is 5.53. The molecule has 8 heteroatoms. The molecule has 0 spiro atoms. The van der Waals surface area contributed by atoms with E-state index in [1.807, 2.05) is 36.7 Å². The Balaban J connectivity index is 2.24. The fourth-order valence-electron chi connectivity index (χ4n) is 2.37. The number of rotatable bonds is 4. The van der Waals surface area contributed by atoms with Crippen LogP contribution in [0.15, 0.2) is 73.2 Å². The second kappa shape index (κ2) is 6.21. The van der Waals surface area contributed by atoms with E-state index in [2.05, 4.69) is 0 Å². The molecule has 0 aliphatic carbocycles. The van der Waals surface area contributed by atoms with Crippen LogP contribution < -0.4 is 9.13 Å². The third-order valence-corrected chi connectivity index (χ3v) is 3.44. The van der Waals surface area contributed by atoms with Gasteiger partial charge in [-0.05, 0) is 6.07 Å². The van der Waals surface area contributed by atoms with Gasteiger partial charge in [0.05, 0.1) is 15.9 Å². The maximum atomic E-state index is 11.4. The lowest BCUT2D eigenvalue weighted by molar-refractivity contribution is -0.741. The highest BCUT2D eigenvalue weighted by Gasteiger charge is 2.31. The summed E-state index contributed by atoms with van der Waals surface area (Å²) in [6.07, 6.45) is 5.29. The molecule has 0 aliphatic heterocycles. The molecule has 0 saturated heterocycles. The van der Waals surface area contributed by atoms with E-state index in [0.29, 0.717) is 5.82 Å². The van der Waals surface area contributed by atoms with Gasteiger partial charge in [-0.2, -0.15) is 0 Å². The first kappa shape index (κ1) is 15.2. The Morgan fingerprint density at radius 3 is 2.17 bits per heavy atom. The number of hydrogen-bond acceptors (Lipinski definition) is 4. The monoisotopic (exact) mass is 324 g/mol. The quantitative estimate of drug-likeness (QED) is 0.417. The van der Waals surface area contributed by atoms with Crippen LogP contribution in [0.4, 0.5) is 11.4 Å². The summed E-state index contributed by atoms with van der Waals surface area (Å²) >= 11 is 0. The predicted molar refractivity (Wildman–Crippen MR) is 82.8 cm³/mol. The van der Waals surface area contributed by atoms with Gasteiger partial charge in [0.15, 0.2) is 18.6 Å². The number of benzene rings is 1. The van der Waals surface area contributed by atoms with Crippen molar-refractivity contribution in [1.82, 2.24) is 0 Å². The van der Waals surface area contributed by atoms with Gasteiger partial charge in [-0.3, -0.25) is 20.2 Å². The second-order valence-electron chi connectivity index (χ2n) is 4.90. The van der Waals surface area contributed by atoms with Crippen LogP contribution in [-0.4, -0.2) is 9.85 Å². The molecule has 118 valence electrons. The highest BCUT2D eigenvalue weighted by atomic mass is 16.6. The minimum absolute atomic E-state index is 0.248. The van der Waals surface area contributed by atoms with E-state index in [0.717, 1.165) is 6.07 Å². The van der Waals surface area contributed by atoms with Gasteiger partial charge in [0.2, 0.25) is 0 Å². The molecule has 3 aromatic rings. The molecule has 0 radical (unpaired) electrons. The zero-order chi connectivity index (χ0) is 17.1. The van der Waals surface area contributed by atoms with Crippen LogP contribution in [-0.2, 0) is 0 Å². The average molecular weight is 324 g/mol. The molecule has 1 aromatic carbocycles. The minimum atomic E-state index is -0.653. The third-order valence-electron chi connectivity index (χ3n) is 3.44. The maximum absolute atomic E-state index is 11.4. The third kappa shape index (κ3) is 2.80. The highest BCUT2D eigenvalue weighted by Crippen LogP contribution is 2.24. The van der Waals surface area contributed by atoms with Gasteiger partial charge in [0.1, 0.15) is 6.07 Å². The van der Waals surface area contributed by atoms with Crippen LogP contribution in [0.1, 0.15) is 0 Å². The van der Waals surface area contributed by atoms with E-state index in [4.69, 9.17) is 0 Å². The largest absolute Gasteiger partial charge is 0.455 e. The van der Waals surface area contributed by atoms with Crippen LogP contribution in [0.3, 0.4) is 0 Å². The lowest BCUT2D eigenvalue weighted by Gasteiger charge is -2.00. The maximum Gasteiger partial charge on any atom is 0.455 e. The van der Waals surface area contributed by atoms with Crippen LogP contribution in [0.5, 0.6) is 0 Å². The summed E-state index contributed by atoms with van der Waals surface area (Å²) < 4.78 is 3.41. The first-order valence-electron chi connectivity index (χ1n) is 6.98. The number of pyridine rings is 2. The SMILES string of the molecule is O=[N+]([O-])c1ccc(-[n+]2ccccc2-[n+]2ccccc2)c([N+](=O)[O-])c1. The first-order chi connectivity index (χ1) is 11.6. The van der Waals surface area contributed by atoms with Crippen molar-refractivity contribution < 1.29 is 19.0 Å². The van der Waals surface area contributed by atoms with E-state index < -0.39 is 9.85 Å². The number of aromatic nitrogens is 2. The number of nitro benzene ring substituents is 2. The predicted octanol–water partition coefficient (Wildman–Crippen LogP) is 2.06. The second-order valence-corrected chi connectivity index (χ2v) is 4.90. The molecule has 0 aliphatic rings. The molecule has 3 rings (SSSR count). The standard InChI is InChI=1S/C16H12N4O4/c21-19(22)13-7-8-14(15(12-13)20(23)24)18-11-5-2-6-16(18)17-9-3-1-4-10-17/h1-12H/q+2. The van der Waals surface area contributed by atoms with E-state index in [1.54, 1.807) is 27.5 Å². The van der Waals surface area contributed by atoms with Gasteiger partial charge in [-0.25, -0.2) is 0 Å². The molecular weight excluding hydrogens is 312 g/mol. The van der Waals surface area contributed by atoms with Gasteiger partial charge in [0.25, 0.3) is 11.4 Å². The van der Waals surface area contributed by atoms with Crippen molar-refractivity contribution in [3.8, 4) is 11.5 Å². The summed E-state index contributed by atoms with van der Waals surface area (Å²) in [6, 6.07) is 14.5. The summed E-state index contributed by atoms with van der Waals surface area (Å²) in [7, 11) is 0. The summed E-state index contributed by atoms with van der Waals surface area (Å²) in [4.78, 5) is 21.0. The van der Waals surface area contributed by atoms with Gasteiger partial charge in [-0.1, -0.05) is 10.6 Å². The zero-order valence-electron chi connectivity index (χ0n) is 12.4. The molecule has 0 N–H and O–H groups in total. The molecule has 0 amide bonds. The summed E-state index contributed by atoms with van der Waals surface area (Å²) in [5.41, 5.74) is -0.411. The van der Waals surface area contributed by atoms with Gasteiger partial charge < -0.3 is 0 Å². The average Bonchev–Trinajstić information content (AvgIpc) is 2.62. The van der Waals surface area contributed by atoms with E-state index in [1.165, 1.54) is 12.1 Å². The minimum Gasteiger partial charge on any atom is -0.258 e. The molecule has 0 atom stereocenters. The fourth-order valence-corrected chi connectivity index (χ4v) is 2.37. The Hall–Kier alpha value is -3.68. The number of nitro groups is 2. The fraction of sp³-hybridized carbons (Fsp3) is 0. The molecule has 0 bridgehead atoms. The van der Waals surface area contributed by atoms with Crippen molar-refractivity contribution in [2.45, 2.75) is 0 Å². The van der Waals surface area contributed by atoms with Gasteiger partial charge in [-0.15, -0.1) is 4.57 Å². The van der Waals surface area contributed by atoms with Crippen molar-refractivity contribution in [3.63, 3.8) is 0 Å². The molecule has 8 nitrogen and oxygen atoms in total. The lowest BCUT2D eigenvalue weighted by Crippen LogP contribution is -2.47. The van der Waals surface area contributed by atoms with Gasteiger partial charge >= 0.3 is 11.5 Å². The Kier molecular flexibility index (Phi) is 3.94. The van der Waals surface area contributed by atoms with Crippen molar-refractivity contribution in [2.75, 3.05) is 0 Å². The summed E-state index contributed by atoms with van der Waals surface area (Å²) in [6.45, 7) is 0. The summed E-state index contributed by atoms with van der Waals surface area (Å²) in [5.74, 6) is 0.662. The van der Waals surface area contributed by atoms with Gasteiger partial charge in [0, 0.05) is 30.3 Å². The van der Waals surface area contributed by atoms with Crippen LogP contribution in [0.2, 0.25) is 0 Å². The van der Waals surface area contributed by atoms with Crippen LogP contribution in [0, 0.1) is 20.2 Å². The van der Waals surface area contributed by atoms with Crippen molar-refractivity contribution in [1.29, 1.82) is 0 Å². The molecule has 2 aromatic heterocycles. The van der Waals surface area contributed by atoms with Crippen molar-refractivity contribution in [3.05, 3.63) is 93.4 Å². The molecule has 0 fully saturated rings. The Labute approximate surface area is 136 Å². The Bertz CT molecular complexity index is 928. The number of non-ortho nitro benzene ring substituents is 1. The smallest absolute Gasteiger partial charge is 0.258 e. The lowest BCUT2D eigenvalue weighted by atomic mass is 10.2. The van der Waals surface area contributed by atoms with E-state index in [9.17, 15) is 20.2 Å². The normalized spacial score (nSPS) is 10.3. The van der Waals surface area contributed by atoms with Crippen molar-refractivity contribution in [2.24, 2.45) is 0 Å². The van der Waals surface area contributed by atoms with Crippen LogP contribution >= 0.6 is 0 Å². The Morgan fingerprint density at radius 1 is 0.792 bits per heavy atom. The number of nitrogens with zero attached hydrogens (tertiary/aromatic N) is 4. The molecule has 2 heterocycles. The molecule has 0 saturated carbocycles. The molecule has 0 unspecified atom stereocenters. The summed E-state index contributed by atoms with van der Waals surface area (Å²) in [5, 5.41) is 22.3. The van der Waals surface area contributed by atoms with E-state index >= 15 is 0 Å². The van der Waals surface area contributed by atoms with Crippen molar-refractivity contribution >= 4 is 11.4 Å². The number of hydrogen-bond donors (Lipinski definition) is 0. The Morgan fingerprint density at radius 2 is 1.50 bits per heavy atom. The first-order valence-corrected chi connectivity index (χ1v) is 6.98. The molecule has 24 heavy (non-hydrogen) atoms. The van der Waals surface area contributed by atoms with Crippen LogP contribution in [0.25, 0.3) is 11.5 Å².